The molecule has 2 aromatic carbocycles. The summed E-state index contributed by atoms with van der Waals surface area (Å²) in [6.07, 6.45) is 1.35. The van der Waals surface area contributed by atoms with Crippen LogP contribution in [0, 0.1) is 0 Å². The van der Waals surface area contributed by atoms with Crippen LogP contribution in [0.25, 0.3) is 0 Å². The Labute approximate surface area is 161 Å². The van der Waals surface area contributed by atoms with E-state index in [0.717, 1.165) is 5.69 Å². The fraction of sp³-hybridized carbons (Fsp3) is 0.0588. The maximum Gasteiger partial charge on any atom is 0.238 e. The van der Waals surface area contributed by atoms with Crippen molar-refractivity contribution in [3.63, 3.8) is 0 Å². The van der Waals surface area contributed by atoms with Crippen LogP contribution in [-0.2, 0) is 16.6 Å². The highest BCUT2D eigenvalue weighted by molar-refractivity contribution is 7.89. The normalized spacial score (nSPS) is 11.2. The number of halogens is 1. The molecule has 0 aliphatic rings. The summed E-state index contributed by atoms with van der Waals surface area (Å²) >= 11 is 5.87. The maximum atomic E-state index is 11.6. The number of benzene rings is 2. The van der Waals surface area contributed by atoms with E-state index in [0.29, 0.717) is 27.9 Å². The Hall–Kier alpha value is -2.72. The molecule has 140 valence electrons. The van der Waals surface area contributed by atoms with Gasteiger partial charge in [0.05, 0.1) is 11.5 Å². The largest absolute Gasteiger partial charge is 0.392 e. The van der Waals surface area contributed by atoms with Crippen molar-refractivity contribution >= 4 is 44.6 Å². The first kappa shape index (κ1) is 19.1. The molecule has 0 saturated heterocycles. The number of aliphatic hydroxyl groups is 1. The van der Waals surface area contributed by atoms with Crippen molar-refractivity contribution in [1.29, 1.82) is 0 Å². The van der Waals surface area contributed by atoms with Gasteiger partial charge in [0.1, 0.15) is 18.0 Å². The predicted octanol–water partition coefficient (Wildman–Crippen LogP) is 2.76. The van der Waals surface area contributed by atoms with Crippen LogP contribution in [0.3, 0.4) is 0 Å². The number of rotatable bonds is 6. The first-order chi connectivity index (χ1) is 12.8. The summed E-state index contributed by atoms with van der Waals surface area (Å²) in [5.41, 5.74) is 1.66. The fourth-order valence-corrected chi connectivity index (χ4v) is 2.97. The van der Waals surface area contributed by atoms with Gasteiger partial charge in [0.15, 0.2) is 0 Å². The van der Waals surface area contributed by atoms with E-state index >= 15 is 0 Å². The van der Waals surface area contributed by atoms with E-state index in [1.54, 1.807) is 30.3 Å². The highest BCUT2D eigenvalue weighted by Gasteiger charge is 2.12. The highest BCUT2D eigenvalue weighted by Crippen LogP contribution is 2.25. The number of anilines is 4. The highest BCUT2D eigenvalue weighted by atomic mass is 35.5. The van der Waals surface area contributed by atoms with Gasteiger partial charge in [-0.05, 0) is 36.4 Å². The molecule has 5 N–H and O–H groups in total. The minimum absolute atomic E-state index is 0.0734. The minimum atomic E-state index is -3.87. The Balaban J connectivity index is 1.86. The standard InChI is InChI=1S/C17H16ClN5O3S/c18-12-2-4-13(5-3-12)22-16-8-17(21-10-20-16)23-15-7-14(27(19,25)26)6-1-11(15)9-24/h1-8,10,24H,9H2,(H2,19,25,26)(H2,20,21,22,23). The molecule has 8 nitrogen and oxygen atoms in total. The number of primary sulfonamides is 1. The number of hydrogen-bond donors (Lipinski definition) is 4. The molecule has 3 aromatic rings. The average Bonchev–Trinajstić information content (AvgIpc) is 2.63. The van der Waals surface area contributed by atoms with Gasteiger partial charge in [-0.2, -0.15) is 0 Å². The van der Waals surface area contributed by atoms with Crippen LogP contribution < -0.4 is 15.8 Å². The molecule has 0 unspecified atom stereocenters. The molecule has 0 fully saturated rings. The zero-order valence-electron chi connectivity index (χ0n) is 13.9. The summed E-state index contributed by atoms with van der Waals surface area (Å²) in [6, 6.07) is 12.9. The summed E-state index contributed by atoms with van der Waals surface area (Å²) in [4.78, 5) is 8.18. The third-order valence-electron chi connectivity index (χ3n) is 3.63. The van der Waals surface area contributed by atoms with Crippen LogP contribution in [0.4, 0.5) is 23.0 Å². The molecule has 0 radical (unpaired) electrons. The Morgan fingerprint density at radius 2 is 1.67 bits per heavy atom. The van der Waals surface area contributed by atoms with Crippen molar-refractivity contribution in [3.8, 4) is 0 Å². The van der Waals surface area contributed by atoms with E-state index in [9.17, 15) is 13.5 Å². The molecule has 0 amide bonds. The van der Waals surface area contributed by atoms with Crippen molar-refractivity contribution in [1.82, 2.24) is 9.97 Å². The number of aliphatic hydroxyl groups excluding tert-OH is 1. The van der Waals surface area contributed by atoms with Crippen molar-refractivity contribution in [3.05, 3.63) is 65.4 Å². The van der Waals surface area contributed by atoms with Crippen molar-refractivity contribution in [2.75, 3.05) is 10.6 Å². The van der Waals surface area contributed by atoms with Gasteiger partial charge in [-0.25, -0.2) is 23.5 Å². The maximum absolute atomic E-state index is 11.6. The number of hydrogen-bond acceptors (Lipinski definition) is 7. The molecule has 0 atom stereocenters. The lowest BCUT2D eigenvalue weighted by Crippen LogP contribution is -2.13. The Morgan fingerprint density at radius 1 is 1.00 bits per heavy atom. The van der Waals surface area contributed by atoms with E-state index in [4.69, 9.17) is 16.7 Å². The number of sulfonamides is 1. The van der Waals surface area contributed by atoms with Gasteiger partial charge in [0.2, 0.25) is 10.0 Å². The van der Waals surface area contributed by atoms with Crippen LogP contribution in [0.2, 0.25) is 5.02 Å². The van der Waals surface area contributed by atoms with Gasteiger partial charge in [-0.1, -0.05) is 17.7 Å². The zero-order valence-corrected chi connectivity index (χ0v) is 15.5. The SMILES string of the molecule is NS(=O)(=O)c1ccc(CO)c(Nc2cc(Nc3ccc(Cl)cc3)ncn2)c1. The topological polar surface area (TPSA) is 130 Å². The van der Waals surface area contributed by atoms with Gasteiger partial charge in [-0.15, -0.1) is 0 Å². The summed E-state index contributed by atoms with van der Waals surface area (Å²) in [5.74, 6) is 0.922. The summed E-state index contributed by atoms with van der Waals surface area (Å²) < 4.78 is 23.1. The van der Waals surface area contributed by atoms with Crippen LogP contribution >= 0.6 is 11.6 Å². The summed E-state index contributed by atoms with van der Waals surface area (Å²) in [5, 5.41) is 21.4. The van der Waals surface area contributed by atoms with E-state index in [2.05, 4.69) is 20.6 Å². The van der Waals surface area contributed by atoms with Gasteiger partial charge in [0, 0.05) is 28.0 Å². The van der Waals surface area contributed by atoms with Crippen molar-refractivity contribution in [2.45, 2.75) is 11.5 Å². The molecular formula is C17H16ClN5O3S. The molecule has 0 saturated carbocycles. The molecule has 3 rings (SSSR count). The van der Waals surface area contributed by atoms with Crippen molar-refractivity contribution < 1.29 is 13.5 Å². The summed E-state index contributed by atoms with van der Waals surface area (Å²) in [6.45, 7) is -0.284. The van der Waals surface area contributed by atoms with Crippen LogP contribution in [0.5, 0.6) is 0 Å². The number of nitrogens with two attached hydrogens (primary N) is 1. The lowest BCUT2D eigenvalue weighted by molar-refractivity contribution is 0.282. The summed E-state index contributed by atoms with van der Waals surface area (Å²) in [7, 11) is -3.87. The lowest BCUT2D eigenvalue weighted by atomic mass is 10.2. The molecule has 27 heavy (non-hydrogen) atoms. The zero-order chi connectivity index (χ0) is 19.4. The second kappa shape index (κ2) is 7.89. The molecule has 0 bridgehead atoms. The monoisotopic (exact) mass is 405 g/mol. The van der Waals surface area contributed by atoms with E-state index in [1.807, 2.05) is 0 Å². The minimum Gasteiger partial charge on any atom is -0.392 e. The Kier molecular flexibility index (Phi) is 5.57. The van der Waals surface area contributed by atoms with Crippen LogP contribution in [0.1, 0.15) is 5.56 Å². The van der Waals surface area contributed by atoms with E-state index in [1.165, 1.54) is 24.5 Å². The third-order valence-corrected chi connectivity index (χ3v) is 4.79. The van der Waals surface area contributed by atoms with Gasteiger partial charge < -0.3 is 15.7 Å². The van der Waals surface area contributed by atoms with E-state index in [-0.39, 0.29) is 11.5 Å². The number of nitrogens with zero attached hydrogens (tertiary/aromatic N) is 2. The molecule has 0 spiro atoms. The smallest absolute Gasteiger partial charge is 0.238 e. The van der Waals surface area contributed by atoms with Gasteiger partial charge >= 0.3 is 0 Å². The molecule has 1 heterocycles. The Bertz CT molecular complexity index is 1060. The second-order valence-corrected chi connectivity index (χ2v) is 7.57. The molecule has 10 heteroatoms. The quantitative estimate of drug-likeness (QED) is 0.496. The van der Waals surface area contributed by atoms with E-state index < -0.39 is 10.0 Å². The molecule has 0 aliphatic carbocycles. The van der Waals surface area contributed by atoms with Crippen LogP contribution in [-0.4, -0.2) is 23.5 Å². The second-order valence-electron chi connectivity index (χ2n) is 5.57. The van der Waals surface area contributed by atoms with Crippen molar-refractivity contribution in [2.24, 2.45) is 5.14 Å². The first-order valence-electron chi connectivity index (χ1n) is 7.73. The predicted molar refractivity (Wildman–Crippen MR) is 104 cm³/mol. The van der Waals surface area contributed by atoms with Crippen LogP contribution in [0.15, 0.2) is 59.8 Å². The van der Waals surface area contributed by atoms with Gasteiger partial charge in [0.25, 0.3) is 0 Å². The Morgan fingerprint density at radius 3 is 2.30 bits per heavy atom. The molecule has 1 aromatic heterocycles. The third kappa shape index (κ3) is 4.92. The molecular weight excluding hydrogens is 390 g/mol. The molecule has 0 aliphatic heterocycles. The average molecular weight is 406 g/mol. The fourth-order valence-electron chi connectivity index (χ4n) is 2.30. The lowest BCUT2D eigenvalue weighted by Gasteiger charge is -2.12. The van der Waals surface area contributed by atoms with Gasteiger partial charge in [-0.3, -0.25) is 0 Å². The number of nitrogens with one attached hydrogen (secondary N) is 2. The number of aromatic nitrogens is 2. The first-order valence-corrected chi connectivity index (χ1v) is 9.66.